The average Bonchev–Trinajstić information content (AvgIpc) is 3.12. The molecule has 26 heavy (non-hydrogen) atoms. The van der Waals surface area contributed by atoms with Crippen molar-refractivity contribution in [3.05, 3.63) is 65.2 Å². The standard InChI is InChI=1S/C19H21F2N3O2/c1-2-26-15-7-4-12(5-8-15)17-10-18(24-23-17)19(25)22-11-13-3-6-14(20)9-16(13)21/h3-9,17-18,23-24H,2,10-11H2,1H3,(H,22,25). The first kappa shape index (κ1) is 18.3. The van der Waals surface area contributed by atoms with E-state index in [2.05, 4.69) is 16.2 Å². The second kappa shape index (κ2) is 8.25. The summed E-state index contributed by atoms with van der Waals surface area (Å²) in [7, 11) is 0. The molecule has 0 aromatic heterocycles. The van der Waals surface area contributed by atoms with Crippen LogP contribution in [0.4, 0.5) is 8.78 Å². The topological polar surface area (TPSA) is 62.4 Å². The van der Waals surface area contributed by atoms with Gasteiger partial charge < -0.3 is 10.1 Å². The average molecular weight is 361 g/mol. The Morgan fingerprint density at radius 2 is 1.96 bits per heavy atom. The van der Waals surface area contributed by atoms with Crippen molar-refractivity contribution in [1.29, 1.82) is 0 Å². The van der Waals surface area contributed by atoms with Gasteiger partial charge in [-0.25, -0.2) is 19.6 Å². The van der Waals surface area contributed by atoms with Crippen molar-refractivity contribution in [2.24, 2.45) is 0 Å². The maximum atomic E-state index is 13.6. The molecule has 1 amide bonds. The van der Waals surface area contributed by atoms with E-state index < -0.39 is 17.7 Å². The van der Waals surface area contributed by atoms with Gasteiger partial charge in [-0.15, -0.1) is 0 Å². The second-order valence-electron chi connectivity index (χ2n) is 6.09. The highest BCUT2D eigenvalue weighted by Gasteiger charge is 2.30. The summed E-state index contributed by atoms with van der Waals surface area (Å²) in [5.74, 6) is -0.750. The summed E-state index contributed by atoms with van der Waals surface area (Å²) in [5.41, 5.74) is 7.34. The van der Waals surface area contributed by atoms with Gasteiger partial charge in [-0.05, 0) is 37.1 Å². The molecule has 0 spiro atoms. The maximum absolute atomic E-state index is 13.6. The van der Waals surface area contributed by atoms with Crippen molar-refractivity contribution in [2.45, 2.75) is 32.0 Å². The molecule has 0 bridgehead atoms. The second-order valence-corrected chi connectivity index (χ2v) is 6.09. The van der Waals surface area contributed by atoms with Gasteiger partial charge in [0.25, 0.3) is 0 Å². The fourth-order valence-corrected chi connectivity index (χ4v) is 2.88. The minimum absolute atomic E-state index is 0.0102. The van der Waals surface area contributed by atoms with Crippen LogP contribution in [0.3, 0.4) is 0 Å². The Morgan fingerprint density at radius 3 is 2.65 bits per heavy atom. The van der Waals surface area contributed by atoms with Crippen LogP contribution in [0, 0.1) is 11.6 Å². The number of carbonyl (C=O) groups is 1. The molecule has 1 fully saturated rings. The lowest BCUT2D eigenvalue weighted by Crippen LogP contribution is -2.42. The van der Waals surface area contributed by atoms with E-state index in [4.69, 9.17) is 4.74 Å². The number of hydrazine groups is 1. The largest absolute Gasteiger partial charge is 0.494 e. The van der Waals surface area contributed by atoms with E-state index in [1.807, 2.05) is 31.2 Å². The number of amides is 1. The molecule has 138 valence electrons. The summed E-state index contributed by atoms with van der Waals surface area (Å²) in [6.07, 6.45) is 0.561. The molecular weight excluding hydrogens is 340 g/mol. The summed E-state index contributed by atoms with van der Waals surface area (Å²) in [6.45, 7) is 2.55. The molecule has 1 saturated heterocycles. The molecule has 1 heterocycles. The molecule has 0 radical (unpaired) electrons. The Labute approximate surface area is 150 Å². The van der Waals surface area contributed by atoms with Crippen LogP contribution in [0.25, 0.3) is 0 Å². The SMILES string of the molecule is CCOc1ccc(C2CC(C(=O)NCc3ccc(F)cc3F)NN2)cc1. The van der Waals surface area contributed by atoms with E-state index in [9.17, 15) is 13.6 Å². The smallest absolute Gasteiger partial charge is 0.238 e. The van der Waals surface area contributed by atoms with Crippen LogP contribution in [0.15, 0.2) is 42.5 Å². The first-order chi connectivity index (χ1) is 12.6. The maximum Gasteiger partial charge on any atom is 0.238 e. The predicted octanol–water partition coefficient (Wildman–Crippen LogP) is 2.59. The number of ether oxygens (including phenoxy) is 1. The van der Waals surface area contributed by atoms with Crippen LogP contribution in [-0.4, -0.2) is 18.6 Å². The molecule has 2 atom stereocenters. The summed E-state index contributed by atoms with van der Waals surface area (Å²) in [6, 6.07) is 10.6. The van der Waals surface area contributed by atoms with Crippen molar-refractivity contribution < 1.29 is 18.3 Å². The third-order valence-corrected chi connectivity index (χ3v) is 4.28. The predicted molar refractivity (Wildman–Crippen MR) is 93.2 cm³/mol. The third-order valence-electron chi connectivity index (χ3n) is 4.28. The Balaban J connectivity index is 1.53. The highest BCUT2D eigenvalue weighted by molar-refractivity contribution is 5.82. The van der Waals surface area contributed by atoms with Gasteiger partial charge >= 0.3 is 0 Å². The van der Waals surface area contributed by atoms with Crippen molar-refractivity contribution >= 4 is 5.91 Å². The normalized spacial score (nSPS) is 19.3. The molecular formula is C19H21F2N3O2. The molecule has 1 aliphatic heterocycles. The van der Waals surface area contributed by atoms with Crippen LogP contribution in [0.1, 0.15) is 30.5 Å². The fraction of sp³-hybridized carbons (Fsp3) is 0.316. The molecule has 3 rings (SSSR count). The van der Waals surface area contributed by atoms with E-state index in [-0.39, 0.29) is 24.1 Å². The van der Waals surface area contributed by atoms with Gasteiger partial charge in [-0.3, -0.25) is 4.79 Å². The van der Waals surface area contributed by atoms with Gasteiger partial charge in [0.1, 0.15) is 23.4 Å². The monoisotopic (exact) mass is 361 g/mol. The van der Waals surface area contributed by atoms with Crippen molar-refractivity contribution in [1.82, 2.24) is 16.2 Å². The Morgan fingerprint density at radius 1 is 1.19 bits per heavy atom. The number of hydrogen-bond acceptors (Lipinski definition) is 4. The van der Waals surface area contributed by atoms with E-state index in [1.165, 1.54) is 12.1 Å². The van der Waals surface area contributed by atoms with Crippen molar-refractivity contribution in [3.8, 4) is 5.75 Å². The molecule has 0 saturated carbocycles. The number of carbonyl (C=O) groups excluding carboxylic acids is 1. The lowest BCUT2D eigenvalue weighted by Gasteiger charge is -2.12. The van der Waals surface area contributed by atoms with E-state index in [0.717, 1.165) is 17.4 Å². The van der Waals surface area contributed by atoms with Gasteiger partial charge in [0, 0.05) is 24.2 Å². The first-order valence-corrected chi connectivity index (χ1v) is 8.52. The van der Waals surface area contributed by atoms with Crippen LogP contribution < -0.4 is 20.9 Å². The minimum atomic E-state index is -0.671. The van der Waals surface area contributed by atoms with Crippen LogP contribution in [0.5, 0.6) is 5.75 Å². The first-order valence-electron chi connectivity index (χ1n) is 8.52. The molecule has 5 nitrogen and oxygen atoms in total. The Hall–Kier alpha value is -2.51. The molecule has 2 aromatic rings. The number of hydrogen-bond donors (Lipinski definition) is 3. The summed E-state index contributed by atoms with van der Waals surface area (Å²) in [5, 5.41) is 2.68. The summed E-state index contributed by atoms with van der Waals surface area (Å²) < 4.78 is 31.9. The number of benzene rings is 2. The molecule has 7 heteroatoms. The number of nitrogens with one attached hydrogen (secondary N) is 3. The minimum Gasteiger partial charge on any atom is -0.494 e. The van der Waals surface area contributed by atoms with Crippen molar-refractivity contribution in [3.63, 3.8) is 0 Å². The molecule has 3 N–H and O–H groups in total. The van der Waals surface area contributed by atoms with Gasteiger partial charge in [0.2, 0.25) is 5.91 Å². The summed E-state index contributed by atoms with van der Waals surface area (Å²) in [4.78, 5) is 12.3. The van der Waals surface area contributed by atoms with Gasteiger partial charge in [-0.2, -0.15) is 0 Å². The van der Waals surface area contributed by atoms with E-state index >= 15 is 0 Å². The third kappa shape index (κ3) is 4.36. The number of rotatable bonds is 6. The molecule has 1 aliphatic rings. The van der Waals surface area contributed by atoms with E-state index in [0.29, 0.717) is 13.0 Å². The highest BCUT2D eigenvalue weighted by atomic mass is 19.1. The van der Waals surface area contributed by atoms with Crippen LogP contribution in [-0.2, 0) is 11.3 Å². The number of halogens is 2. The summed E-state index contributed by atoms with van der Waals surface area (Å²) >= 11 is 0. The zero-order valence-corrected chi connectivity index (χ0v) is 14.4. The van der Waals surface area contributed by atoms with Crippen LogP contribution >= 0.6 is 0 Å². The van der Waals surface area contributed by atoms with Gasteiger partial charge in [0.15, 0.2) is 0 Å². The Bertz CT molecular complexity index is 768. The molecule has 2 aromatic carbocycles. The lowest BCUT2D eigenvalue weighted by molar-refractivity contribution is -0.123. The quantitative estimate of drug-likeness (QED) is 0.740. The zero-order chi connectivity index (χ0) is 18.5. The lowest BCUT2D eigenvalue weighted by atomic mass is 10.0. The van der Waals surface area contributed by atoms with E-state index in [1.54, 1.807) is 0 Å². The van der Waals surface area contributed by atoms with Gasteiger partial charge in [-0.1, -0.05) is 18.2 Å². The zero-order valence-electron chi connectivity index (χ0n) is 14.4. The highest BCUT2D eigenvalue weighted by Crippen LogP contribution is 2.24. The molecule has 0 aliphatic carbocycles. The fourth-order valence-electron chi connectivity index (χ4n) is 2.88. The van der Waals surface area contributed by atoms with Crippen LogP contribution in [0.2, 0.25) is 0 Å². The van der Waals surface area contributed by atoms with Gasteiger partial charge in [0.05, 0.1) is 6.61 Å². The Kier molecular flexibility index (Phi) is 5.80. The molecule has 2 unspecified atom stereocenters. The van der Waals surface area contributed by atoms with Crippen molar-refractivity contribution in [2.75, 3.05) is 6.61 Å².